The van der Waals surface area contributed by atoms with Gasteiger partial charge in [0.15, 0.2) is 0 Å². The Balaban J connectivity index is 2.29. The van der Waals surface area contributed by atoms with E-state index in [1.807, 2.05) is 12.1 Å². The molecule has 0 heterocycles. The van der Waals surface area contributed by atoms with Crippen LogP contribution in [0.1, 0.15) is 5.56 Å². The lowest BCUT2D eigenvalue weighted by Crippen LogP contribution is -2.10. The van der Waals surface area contributed by atoms with Crippen molar-refractivity contribution in [1.29, 1.82) is 0 Å². The summed E-state index contributed by atoms with van der Waals surface area (Å²) in [4.78, 5) is 0.318. The van der Waals surface area contributed by atoms with Gasteiger partial charge >= 0.3 is 0 Å². The van der Waals surface area contributed by atoms with E-state index in [-0.39, 0.29) is 5.82 Å². The zero-order valence-corrected chi connectivity index (χ0v) is 12.7. The smallest absolute Gasteiger partial charge is 0.124 e. The van der Waals surface area contributed by atoms with Gasteiger partial charge in [-0.05, 0) is 52.3 Å². The molecule has 0 fully saturated rings. The first-order valence-electron chi connectivity index (χ1n) is 5.29. The lowest BCUT2D eigenvalue weighted by atomic mass is 10.2. The van der Waals surface area contributed by atoms with Gasteiger partial charge in [-0.2, -0.15) is 0 Å². The predicted molar refractivity (Wildman–Crippen MR) is 84.7 cm³/mol. The third-order valence-corrected chi connectivity index (χ3v) is 3.63. The fourth-order valence-corrected chi connectivity index (χ4v) is 2.66. The van der Waals surface area contributed by atoms with E-state index in [2.05, 4.69) is 21.2 Å². The molecule has 0 aliphatic rings. The first kappa shape index (κ1) is 14.2. The molecule has 0 aliphatic carbocycles. The minimum Gasteiger partial charge on any atom is -0.389 e. The van der Waals surface area contributed by atoms with Crippen molar-refractivity contribution in [2.75, 3.05) is 5.32 Å². The first-order chi connectivity index (χ1) is 8.97. The van der Waals surface area contributed by atoms with Crippen molar-refractivity contribution in [3.63, 3.8) is 0 Å². The van der Waals surface area contributed by atoms with Crippen molar-refractivity contribution < 1.29 is 4.39 Å². The number of anilines is 2. The van der Waals surface area contributed by atoms with E-state index in [4.69, 9.17) is 29.6 Å². The minimum atomic E-state index is -0.374. The summed E-state index contributed by atoms with van der Waals surface area (Å²) in [5, 5.41) is 3.41. The number of hydrogen-bond acceptors (Lipinski definition) is 2. The SMILES string of the molecule is NC(=S)c1ccc(Nc2ccc(F)cc2Cl)cc1Br. The largest absolute Gasteiger partial charge is 0.389 e. The number of benzene rings is 2. The maximum absolute atomic E-state index is 12.9. The van der Waals surface area contributed by atoms with Crippen LogP contribution in [-0.2, 0) is 0 Å². The summed E-state index contributed by atoms with van der Waals surface area (Å²) < 4.78 is 13.7. The highest BCUT2D eigenvalue weighted by molar-refractivity contribution is 9.10. The molecule has 0 radical (unpaired) electrons. The van der Waals surface area contributed by atoms with Crippen molar-refractivity contribution in [3.05, 3.63) is 57.3 Å². The van der Waals surface area contributed by atoms with Gasteiger partial charge in [0.1, 0.15) is 10.8 Å². The third kappa shape index (κ3) is 3.43. The third-order valence-electron chi connectivity index (χ3n) is 2.44. The van der Waals surface area contributed by atoms with Crippen molar-refractivity contribution in [2.45, 2.75) is 0 Å². The molecule has 0 saturated carbocycles. The summed E-state index contributed by atoms with van der Waals surface area (Å²) in [6, 6.07) is 9.61. The van der Waals surface area contributed by atoms with Crippen molar-refractivity contribution in [3.8, 4) is 0 Å². The van der Waals surface area contributed by atoms with E-state index in [1.165, 1.54) is 12.1 Å². The number of nitrogens with one attached hydrogen (secondary N) is 1. The second-order valence-electron chi connectivity index (χ2n) is 3.81. The Bertz CT molecular complexity index is 649. The monoisotopic (exact) mass is 358 g/mol. The summed E-state index contributed by atoms with van der Waals surface area (Å²) in [5.41, 5.74) is 7.75. The molecular formula is C13H9BrClFN2S. The van der Waals surface area contributed by atoms with Crippen LogP contribution in [0.4, 0.5) is 15.8 Å². The van der Waals surface area contributed by atoms with E-state index in [0.29, 0.717) is 15.7 Å². The lowest BCUT2D eigenvalue weighted by Gasteiger charge is -2.10. The van der Waals surface area contributed by atoms with Gasteiger partial charge < -0.3 is 11.1 Å². The van der Waals surface area contributed by atoms with Crippen molar-refractivity contribution in [2.24, 2.45) is 5.73 Å². The molecule has 3 N–H and O–H groups in total. The van der Waals surface area contributed by atoms with Crippen LogP contribution in [0, 0.1) is 5.82 Å². The summed E-state index contributed by atoms with van der Waals surface area (Å²) >= 11 is 14.3. The van der Waals surface area contributed by atoms with Crippen LogP contribution in [0.5, 0.6) is 0 Å². The van der Waals surface area contributed by atoms with Crippen LogP contribution in [-0.4, -0.2) is 4.99 Å². The molecule has 19 heavy (non-hydrogen) atoms. The number of nitrogens with two attached hydrogens (primary N) is 1. The van der Waals surface area contributed by atoms with Crippen LogP contribution in [0.3, 0.4) is 0 Å². The van der Waals surface area contributed by atoms with Crippen LogP contribution in [0.2, 0.25) is 5.02 Å². The molecule has 0 aromatic heterocycles. The quantitative estimate of drug-likeness (QED) is 0.785. The summed E-state index contributed by atoms with van der Waals surface area (Å²) in [7, 11) is 0. The Labute approximate surface area is 128 Å². The van der Waals surface area contributed by atoms with E-state index < -0.39 is 0 Å². The van der Waals surface area contributed by atoms with E-state index >= 15 is 0 Å². The molecule has 2 aromatic rings. The molecule has 2 aromatic carbocycles. The minimum absolute atomic E-state index is 0.314. The molecule has 0 saturated heterocycles. The Kier molecular flexibility index (Phi) is 4.39. The summed E-state index contributed by atoms with van der Waals surface area (Å²) in [6.45, 7) is 0. The van der Waals surface area contributed by atoms with Crippen LogP contribution in [0.15, 0.2) is 40.9 Å². The summed E-state index contributed by atoms with van der Waals surface area (Å²) in [5.74, 6) is -0.374. The zero-order chi connectivity index (χ0) is 14.0. The van der Waals surface area contributed by atoms with Gasteiger partial charge in [0.2, 0.25) is 0 Å². The molecule has 0 unspecified atom stereocenters. The molecule has 2 rings (SSSR count). The number of rotatable bonds is 3. The van der Waals surface area contributed by atoms with Gasteiger partial charge in [0.25, 0.3) is 0 Å². The molecular weight excluding hydrogens is 351 g/mol. The average Bonchev–Trinajstić information content (AvgIpc) is 2.32. The second-order valence-corrected chi connectivity index (χ2v) is 5.51. The normalized spacial score (nSPS) is 10.3. The fourth-order valence-electron chi connectivity index (χ4n) is 1.54. The molecule has 0 aliphatic heterocycles. The lowest BCUT2D eigenvalue weighted by molar-refractivity contribution is 0.628. The van der Waals surface area contributed by atoms with Crippen LogP contribution in [0.25, 0.3) is 0 Å². The first-order valence-corrected chi connectivity index (χ1v) is 6.87. The highest BCUT2D eigenvalue weighted by atomic mass is 79.9. The van der Waals surface area contributed by atoms with Crippen molar-refractivity contribution in [1.82, 2.24) is 0 Å². The Morgan fingerprint density at radius 3 is 2.58 bits per heavy atom. The standard InChI is InChI=1S/C13H9BrClFN2S/c14-10-6-8(2-3-9(10)13(17)19)18-12-4-1-7(16)5-11(12)15/h1-6,18H,(H2,17,19). The molecule has 0 atom stereocenters. The predicted octanol–water partition coefficient (Wildman–Crippen LogP) is 4.62. The molecule has 0 amide bonds. The molecule has 0 bridgehead atoms. The Hall–Kier alpha value is -1.17. The van der Waals surface area contributed by atoms with Gasteiger partial charge in [0.05, 0.1) is 10.7 Å². The molecule has 2 nitrogen and oxygen atoms in total. The van der Waals surface area contributed by atoms with Crippen LogP contribution < -0.4 is 11.1 Å². The maximum Gasteiger partial charge on any atom is 0.124 e. The zero-order valence-electron chi connectivity index (χ0n) is 9.58. The van der Waals surface area contributed by atoms with Gasteiger partial charge in [-0.3, -0.25) is 0 Å². The Morgan fingerprint density at radius 2 is 2.00 bits per heavy atom. The van der Waals surface area contributed by atoms with Gasteiger partial charge in [0, 0.05) is 15.7 Å². The van der Waals surface area contributed by atoms with E-state index in [1.54, 1.807) is 12.1 Å². The van der Waals surface area contributed by atoms with E-state index in [9.17, 15) is 4.39 Å². The highest BCUT2D eigenvalue weighted by Crippen LogP contribution is 2.28. The number of thiocarbonyl (C=S) groups is 1. The molecule has 6 heteroatoms. The van der Waals surface area contributed by atoms with Gasteiger partial charge in [-0.15, -0.1) is 0 Å². The highest BCUT2D eigenvalue weighted by Gasteiger charge is 2.06. The fraction of sp³-hybridized carbons (Fsp3) is 0. The van der Waals surface area contributed by atoms with E-state index in [0.717, 1.165) is 15.7 Å². The molecule has 98 valence electrons. The second kappa shape index (κ2) is 5.86. The molecule has 0 spiro atoms. The topological polar surface area (TPSA) is 38.0 Å². The van der Waals surface area contributed by atoms with Crippen molar-refractivity contribution >= 4 is 56.1 Å². The number of halogens is 3. The van der Waals surface area contributed by atoms with Gasteiger partial charge in [-0.25, -0.2) is 4.39 Å². The van der Waals surface area contributed by atoms with Crippen LogP contribution >= 0.6 is 39.7 Å². The Morgan fingerprint density at radius 1 is 1.26 bits per heavy atom. The van der Waals surface area contributed by atoms with Gasteiger partial charge in [-0.1, -0.05) is 23.8 Å². The maximum atomic E-state index is 12.9. The summed E-state index contributed by atoms with van der Waals surface area (Å²) in [6.07, 6.45) is 0. The average molecular weight is 360 g/mol. The number of hydrogen-bond donors (Lipinski definition) is 2.